The first-order chi connectivity index (χ1) is 14.7. The Balaban J connectivity index is 1.53. The number of benzene rings is 1. The SMILES string of the molecule is Cc1cc(C(=O)N(C)Cc2c(C)nn([C@H]3CCS(=O)(=O)C3)c2C)ccc1-n1cnnn1. The van der Waals surface area contributed by atoms with E-state index in [1.807, 2.05) is 37.6 Å². The summed E-state index contributed by atoms with van der Waals surface area (Å²) < 4.78 is 27.1. The van der Waals surface area contributed by atoms with Gasteiger partial charge in [-0.05, 0) is 61.4 Å². The molecular formula is C20H25N7O3S. The summed E-state index contributed by atoms with van der Waals surface area (Å²) in [5, 5.41) is 15.8. The predicted octanol–water partition coefficient (Wildman–Crippen LogP) is 1.42. The average molecular weight is 444 g/mol. The van der Waals surface area contributed by atoms with Gasteiger partial charge in [-0.1, -0.05) is 0 Å². The topological polar surface area (TPSA) is 116 Å². The second-order valence-corrected chi connectivity index (χ2v) is 10.3. The van der Waals surface area contributed by atoms with Gasteiger partial charge in [0.1, 0.15) is 6.33 Å². The summed E-state index contributed by atoms with van der Waals surface area (Å²) in [6.45, 7) is 6.13. The molecular weight excluding hydrogens is 418 g/mol. The van der Waals surface area contributed by atoms with Gasteiger partial charge >= 0.3 is 0 Å². The van der Waals surface area contributed by atoms with E-state index >= 15 is 0 Å². The number of carbonyl (C=O) groups excluding carboxylic acids is 1. The molecule has 2 aromatic heterocycles. The smallest absolute Gasteiger partial charge is 0.253 e. The highest BCUT2D eigenvalue weighted by Gasteiger charge is 2.31. The number of tetrazole rings is 1. The van der Waals surface area contributed by atoms with E-state index < -0.39 is 9.84 Å². The van der Waals surface area contributed by atoms with Crippen molar-refractivity contribution in [2.24, 2.45) is 0 Å². The van der Waals surface area contributed by atoms with Crippen LogP contribution in [0.3, 0.4) is 0 Å². The fourth-order valence-electron chi connectivity index (χ4n) is 4.10. The Kier molecular flexibility index (Phi) is 5.38. The predicted molar refractivity (Wildman–Crippen MR) is 114 cm³/mol. The summed E-state index contributed by atoms with van der Waals surface area (Å²) >= 11 is 0. The largest absolute Gasteiger partial charge is 0.337 e. The molecule has 1 aliphatic rings. The Bertz CT molecular complexity index is 1230. The normalized spacial score (nSPS) is 17.7. The van der Waals surface area contributed by atoms with E-state index in [1.54, 1.807) is 22.7 Å². The maximum Gasteiger partial charge on any atom is 0.253 e. The van der Waals surface area contributed by atoms with E-state index in [-0.39, 0.29) is 23.5 Å². The van der Waals surface area contributed by atoms with E-state index in [4.69, 9.17) is 0 Å². The fourth-order valence-corrected chi connectivity index (χ4v) is 5.79. The number of sulfone groups is 1. The molecule has 1 aliphatic heterocycles. The van der Waals surface area contributed by atoms with E-state index in [9.17, 15) is 13.2 Å². The average Bonchev–Trinajstić information content (AvgIpc) is 3.43. The van der Waals surface area contributed by atoms with Crippen LogP contribution in [0.1, 0.15) is 45.3 Å². The van der Waals surface area contributed by atoms with E-state index in [0.717, 1.165) is 28.2 Å². The maximum atomic E-state index is 13.0. The van der Waals surface area contributed by atoms with Crippen LogP contribution in [0.5, 0.6) is 0 Å². The summed E-state index contributed by atoms with van der Waals surface area (Å²) in [6.07, 6.45) is 2.08. The van der Waals surface area contributed by atoms with Crippen molar-refractivity contribution in [1.82, 2.24) is 34.9 Å². The number of amides is 1. The van der Waals surface area contributed by atoms with Crippen molar-refractivity contribution in [3.63, 3.8) is 0 Å². The van der Waals surface area contributed by atoms with Crippen LogP contribution < -0.4 is 0 Å². The van der Waals surface area contributed by atoms with Gasteiger partial charge in [0.15, 0.2) is 9.84 Å². The van der Waals surface area contributed by atoms with Gasteiger partial charge in [-0.25, -0.2) is 13.1 Å². The minimum atomic E-state index is -3.00. The molecule has 0 N–H and O–H groups in total. The lowest BCUT2D eigenvalue weighted by atomic mass is 10.1. The van der Waals surface area contributed by atoms with Gasteiger partial charge in [-0.3, -0.25) is 9.48 Å². The summed E-state index contributed by atoms with van der Waals surface area (Å²) in [7, 11) is -1.25. The molecule has 10 nitrogen and oxygen atoms in total. The molecule has 1 atom stereocenters. The number of aromatic nitrogens is 6. The van der Waals surface area contributed by atoms with Crippen molar-refractivity contribution in [2.45, 2.75) is 39.8 Å². The van der Waals surface area contributed by atoms with Crippen molar-refractivity contribution in [2.75, 3.05) is 18.6 Å². The third-order valence-corrected chi connectivity index (χ3v) is 7.56. The van der Waals surface area contributed by atoms with Crippen LogP contribution in [0.15, 0.2) is 24.5 Å². The van der Waals surface area contributed by atoms with Crippen LogP contribution >= 0.6 is 0 Å². The quantitative estimate of drug-likeness (QED) is 0.585. The van der Waals surface area contributed by atoms with Crippen LogP contribution in [-0.2, 0) is 16.4 Å². The minimum Gasteiger partial charge on any atom is -0.337 e. The number of rotatable bonds is 5. The summed E-state index contributed by atoms with van der Waals surface area (Å²) in [5.74, 6) is 0.209. The van der Waals surface area contributed by atoms with Gasteiger partial charge in [0.2, 0.25) is 0 Å². The first kappa shape index (κ1) is 21.2. The Morgan fingerprint density at radius 2 is 2.03 bits per heavy atom. The molecule has 11 heteroatoms. The molecule has 0 saturated carbocycles. The zero-order chi connectivity index (χ0) is 22.3. The molecule has 31 heavy (non-hydrogen) atoms. The second-order valence-electron chi connectivity index (χ2n) is 8.07. The maximum absolute atomic E-state index is 13.0. The lowest BCUT2D eigenvalue weighted by molar-refractivity contribution is 0.0784. The summed E-state index contributed by atoms with van der Waals surface area (Å²) in [4.78, 5) is 14.7. The lowest BCUT2D eigenvalue weighted by Crippen LogP contribution is -2.27. The number of hydrogen-bond acceptors (Lipinski definition) is 7. The Hall–Kier alpha value is -3.08. The molecule has 0 bridgehead atoms. The van der Waals surface area contributed by atoms with Crippen LogP contribution in [-0.4, -0.2) is 67.8 Å². The van der Waals surface area contributed by atoms with Crippen molar-refractivity contribution in [3.8, 4) is 5.69 Å². The molecule has 0 radical (unpaired) electrons. The minimum absolute atomic E-state index is 0.110. The zero-order valence-electron chi connectivity index (χ0n) is 18.0. The third kappa shape index (κ3) is 4.09. The molecule has 3 aromatic rings. The fraction of sp³-hybridized carbons (Fsp3) is 0.450. The third-order valence-electron chi connectivity index (χ3n) is 5.81. The molecule has 0 unspecified atom stereocenters. The number of aryl methyl sites for hydroxylation is 2. The summed E-state index contributed by atoms with van der Waals surface area (Å²) in [6, 6.07) is 5.26. The number of carbonyl (C=O) groups is 1. The van der Waals surface area contributed by atoms with Crippen LogP contribution in [0.2, 0.25) is 0 Å². The monoisotopic (exact) mass is 443 g/mol. The van der Waals surface area contributed by atoms with Crippen LogP contribution in [0.25, 0.3) is 5.69 Å². The highest BCUT2D eigenvalue weighted by atomic mass is 32.2. The van der Waals surface area contributed by atoms with Gasteiger partial charge < -0.3 is 4.90 Å². The zero-order valence-corrected chi connectivity index (χ0v) is 18.8. The lowest BCUT2D eigenvalue weighted by Gasteiger charge is -2.19. The Labute approximate surface area is 180 Å². The Morgan fingerprint density at radius 3 is 2.65 bits per heavy atom. The standard InChI is InChI=1S/C20H25N7O3S/c1-13-9-16(5-6-19(13)26-12-21-23-24-26)20(28)25(4)10-18-14(2)22-27(15(18)3)17-7-8-31(29,30)11-17/h5-6,9,12,17H,7-8,10-11H2,1-4H3/t17-/m0/s1. The number of nitrogens with zero attached hydrogens (tertiary/aromatic N) is 7. The molecule has 3 heterocycles. The molecule has 1 aromatic carbocycles. The van der Waals surface area contributed by atoms with E-state index in [0.29, 0.717) is 18.5 Å². The van der Waals surface area contributed by atoms with Crippen LogP contribution in [0.4, 0.5) is 0 Å². The van der Waals surface area contributed by atoms with Gasteiger partial charge in [-0.2, -0.15) is 5.10 Å². The summed E-state index contributed by atoms with van der Waals surface area (Å²) in [5.41, 5.74) is 4.93. The highest BCUT2D eigenvalue weighted by Crippen LogP contribution is 2.27. The van der Waals surface area contributed by atoms with Gasteiger partial charge in [0.05, 0.1) is 28.9 Å². The molecule has 1 saturated heterocycles. The molecule has 1 amide bonds. The van der Waals surface area contributed by atoms with Gasteiger partial charge in [0.25, 0.3) is 5.91 Å². The molecule has 164 valence electrons. The Morgan fingerprint density at radius 1 is 1.26 bits per heavy atom. The first-order valence-corrected chi connectivity index (χ1v) is 11.8. The second kappa shape index (κ2) is 7.88. The first-order valence-electron chi connectivity index (χ1n) is 10.0. The van der Waals surface area contributed by atoms with Gasteiger partial charge in [0, 0.05) is 30.4 Å². The molecule has 1 fully saturated rings. The van der Waals surface area contributed by atoms with Gasteiger partial charge in [-0.15, -0.1) is 5.10 Å². The van der Waals surface area contributed by atoms with E-state index in [1.165, 1.54) is 6.33 Å². The molecule has 0 spiro atoms. The van der Waals surface area contributed by atoms with Crippen molar-refractivity contribution >= 4 is 15.7 Å². The van der Waals surface area contributed by atoms with Crippen LogP contribution in [0, 0.1) is 20.8 Å². The number of hydrogen-bond donors (Lipinski definition) is 0. The van der Waals surface area contributed by atoms with Crippen molar-refractivity contribution < 1.29 is 13.2 Å². The highest BCUT2D eigenvalue weighted by molar-refractivity contribution is 7.91. The molecule has 4 rings (SSSR count). The molecule has 0 aliphatic carbocycles. The van der Waals surface area contributed by atoms with Crippen molar-refractivity contribution in [1.29, 1.82) is 0 Å². The van der Waals surface area contributed by atoms with E-state index in [2.05, 4.69) is 20.6 Å². The van der Waals surface area contributed by atoms with Crippen molar-refractivity contribution in [3.05, 3.63) is 52.6 Å².